The van der Waals surface area contributed by atoms with Gasteiger partial charge in [0.25, 0.3) is 0 Å². The van der Waals surface area contributed by atoms with Crippen LogP contribution >= 0.6 is 0 Å². The van der Waals surface area contributed by atoms with E-state index in [-0.39, 0.29) is 23.4 Å². The van der Waals surface area contributed by atoms with Gasteiger partial charge in [-0.25, -0.2) is 9.18 Å². The number of rotatable bonds is 4. The van der Waals surface area contributed by atoms with Crippen molar-refractivity contribution < 1.29 is 18.7 Å². The molecule has 1 aromatic rings. The zero-order valence-corrected chi connectivity index (χ0v) is 14.7. The summed E-state index contributed by atoms with van der Waals surface area (Å²) in [5, 5.41) is 3.45. The van der Waals surface area contributed by atoms with Crippen molar-refractivity contribution in [1.29, 1.82) is 0 Å². The monoisotopic (exact) mass is 350 g/mol. The molecule has 1 aromatic carbocycles. The molecule has 1 heterocycles. The van der Waals surface area contributed by atoms with E-state index >= 15 is 0 Å². The molecular formula is C17H23FN4O3. The van der Waals surface area contributed by atoms with Crippen molar-refractivity contribution in [3.8, 4) is 5.75 Å². The second kappa shape index (κ2) is 8.07. The maximum atomic E-state index is 13.9. The molecule has 2 rings (SSSR count). The number of azide groups is 1. The Bertz CT molecular complexity index is 660. The predicted octanol–water partition coefficient (Wildman–Crippen LogP) is 4.79. The molecule has 0 N–H and O–H groups in total. The number of halogens is 1. The van der Waals surface area contributed by atoms with Crippen molar-refractivity contribution in [2.45, 2.75) is 39.2 Å². The summed E-state index contributed by atoms with van der Waals surface area (Å²) >= 11 is 0. The standard InChI is InChI=1S/C17H23FN4O3/c1-17(2,3)25-16(23)22-9-7-12(8-10-22)11-24-15-13(18)5-4-6-14(15)20-21-19/h4-6,12H,7-11H2,1-3H3. The third-order valence-corrected chi connectivity index (χ3v) is 3.83. The highest BCUT2D eigenvalue weighted by Gasteiger charge is 2.27. The molecule has 8 heteroatoms. The van der Waals surface area contributed by atoms with E-state index in [1.165, 1.54) is 18.2 Å². The van der Waals surface area contributed by atoms with Crippen molar-refractivity contribution in [1.82, 2.24) is 4.90 Å². The largest absolute Gasteiger partial charge is 0.490 e. The molecular weight excluding hydrogens is 327 g/mol. The van der Waals surface area contributed by atoms with Gasteiger partial charge in [-0.05, 0) is 57.2 Å². The zero-order chi connectivity index (χ0) is 18.4. The van der Waals surface area contributed by atoms with E-state index in [2.05, 4.69) is 10.0 Å². The Labute approximate surface area is 146 Å². The first-order valence-corrected chi connectivity index (χ1v) is 8.24. The summed E-state index contributed by atoms with van der Waals surface area (Å²) in [5.74, 6) is -0.400. The molecule has 0 unspecified atom stereocenters. The van der Waals surface area contributed by atoms with Crippen LogP contribution in [0.25, 0.3) is 10.4 Å². The molecule has 0 aromatic heterocycles. The van der Waals surface area contributed by atoms with E-state index < -0.39 is 11.4 Å². The molecule has 1 aliphatic heterocycles. The molecule has 0 spiro atoms. The zero-order valence-electron chi connectivity index (χ0n) is 14.7. The fraction of sp³-hybridized carbons (Fsp3) is 0.588. The first kappa shape index (κ1) is 18.9. The van der Waals surface area contributed by atoms with E-state index in [9.17, 15) is 9.18 Å². The number of amides is 1. The lowest BCUT2D eigenvalue weighted by Gasteiger charge is -2.33. The topological polar surface area (TPSA) is 87.5 Å². The number of benzene rings is 1. The van der Waals surface area contributed by atoms with Crippen LogP contribution in [-0.4, -0.2) is 36.3 Å². The predicted molar refractivity (Wildman–Crippen MR) is 91.2 cm³/mol. The molecule has 7 nitrogen and oxygen atoms in total. The van der Waals surface area contributed by atoms with Gasteiger partial charge >= 0.3 is 6.09 Å². The number of ether oxygens (including phenoxy) is 2. The maximum Gasteiger partial charge on any atom is 0.410 e. The first-order chi connectivity index (χ1) is 11.8. The number of likely N-dealkylation sites (tertiary alicyclic amines) is 1. The highest BCUT2D eigenvalue weighted by atomic mass is 19.1. The summed E-state index contributed by atoms with van der Waals surface area (Å²) in [7, 11) is 0. The van der Waals surface area contributed by atoms with Crippen molar-refractivity contribution in [2.75, 3.05) is 19.7 Å². The molecule has 0 aliphatic carbocycles. The fourth-order valence-corrected chi connectivity index (χ4v) is 2.58. The van der Waals surface area contributed by atoms with Crippen LogP contribution < -0.4 is 4.74 Å². The lowest BCUT2D eigenvalue weighted by molar-refractivity contribution is 0.0164. The number of carbonyl (C=O) groups is 1. The van der Waals surface area contributed by atoms with Gasteiger partial charge in [0.2, 0.25) is 0 Å². The van der Waals surface area contributed by atoms with Gasteiger partial charge in [-0.2, -0.15) is 0 Å². The number of hydrogen-bond acceptors (Lipinski definition) is 4. The Morgan fingerprint density at radius 1 is 1.40 bits per heavy atom. The Balaban J connectivity index is 1.87. The minimum atomic E-state index is -0.559. The van der Waals surface area contributed by atoms with Gasteiger partial charge < -0.3 is 14.4 Å². The molecule has 0 bridgehead atoms. The van der Waals surface area contributed by atoms with E-state index in [0.29, 0.717) is 19.7 Å². The van der Waals surface area contributed by atoms with Crippen LogP contribution in [0.5, 0.6) is 5.75 Å². The summed E-state index contributed by atoms with van der Waals surface area (Å²) in [4.78, 5) is 16.4. The number of hydrogen-bond donors (Lipinski definition) is 0. The van der Waals surface area contributed by atoms with Crippen molar-refractivity contribution >= 4 is 11.8 Å². The number of piperidine rings is 1. The van der Waals surface area contributed by atoms with Crippen molar-refractivity contribution in [3.05, 3.63) is 34.5 Å². The SMILES string of the molecule is CC(C)(C)OC(=O)N1CCC(COc2c(F)cccc2N=[N+]=[N-])CC1. The van der Waals surface area contributed by atoms with Gasteiger partial charge in [0, 0.05) is 18.0 Å². The average Bonchev–Trinajstić information content (AvgIpc) is 2.53. The average molecular weight is 350 g/mol. The number of nitrogens with zero attached hydrogens (tertiary/aromatic N) is 4. The van der Waals surface area contributed by atoms with E-state index in [4.69, 9.17) is 15.0 Å². The molecule has 0 radical (unpaired) electrons. The Hall–Kier alpha value is -2.47. The van der Waals surface area contributed by atoms with Crippen LogP contribution in [0.4, 0.5) is 14.9 Å². The molecule has 0 saturated carbocycles. The van der Waals surface area contributed by atoms with Crippen molar-refractivity contribution in [3.63, 3.8) is 0 Å². The van der Waals surface area contributed by atoms with Gasteiger partial charge in [-0.15, -0.1) is 0 Å². The molecule has 1 saturated heterocycles. The van der Waals surface area contributed by atoms with Crippen LogP contribution in [0.1, 0.15) is 33.6 Å². The Morgan fingerprint density at radius 2 is 2.08 bits per heavy atom. The van der Waals surface area contributed by atoms with E-state index in [1.54, 1.807) is 4.90 Å². The second-order valence-electron chi connectivity index (χ2n) is 7.00. The minimum absolute atomic E-state index is 0.0325. The highest BCUT2D eigenvalue weighted by molar-refractivity contribution is 5.68. The third-order valence-electron chi connectivity index (χ3n) is 3.83. The molecule has 1 fully saturated rings. The van der Waals surface area contributed by atoms with Gasteiger partial charge in [-0.3, -0.25) is 0 Å². The van der Waals surface area contributed by atoms with Gasteiger partial charge in [-0.1, -0.05) is 11.2 Å². The third kappa shape index (κ3) is 5.53. The first-order valence-electron chi connectivity index (χ1n) is 8.24. The minimum Gasteiger partial charge on any atom is -0.490 e. The summed E-state index contributed by atoms with van der Waals surface area (Å²) < 4.78 is 24.8. The molecule has 1 amide bonds. The Morgan fingerprint density at radius 3 is 2.68 bits per heavy atom. The van der Waals surface area contributed by atoms with Crippen LogP contribution in [0.15, 0.2) is 23.3 Å². The van der Waals surface area contributed by atoms with E-state index in [1.807, 2.05) is 20.8 Å². The van der Waals surface area contributed by atoms with Crippen LogP contribution in [-0.2, 0) is 4.74 Å². The van der Waals surface area contributed by atoms with Crippen LogP contribution in [0, 0.1) is 11.7 Å². The van der Waals surface area contributed by atoms with Crippen LogP contribution in [0.2, 0.25) is 0 Å². The quantitative estimate of drug-likeness (QED) is 0.444. The second-order valence-corrected chi connectivity index (χ2v) is 7.00. The lowest BCUT2D eigenvalue weighted by atomic mass is 9.98. The summed E-state index contributed by atoms with van der Waals surface area (Å²) in [6.07, 6.45) is 1.17. The molecule has 1 aliphatic rings. The summed E-state index contributed by atoms with van der Waals surface area (Å²) in [6.45, 7) is 6.95. The van der Waals surface area contributed by atoms with Crippen molar-refractivity contribution in [2.24, 2.45) is 11.0 Å². The summed E-state index contributed by atoms with van der Waals surface area (Å²) in [6, 6.07) is 4.23. The Kier molecular flexibility index (Phi) is 6.09. The molecule has 0 atom stereocenters. The lowest BCUT2D eigenvalue weighted by Crippen LogP contribution is -2.42. The van der Waals surface area contributed by atoms with Crippen LogP contribution in [0.3, 0.4) is 0 Å². The number of carbonyl (C=O) groups excluding carboxylic acids is 1. The fourth-order valence-electron chi connectivity index (χ4n) is 2.58. The summed E-state index contributed by atoms with van der Waals surface area (Å²) in [5.41, 5.74) is 8.16. The van der Waals surface area contributed by atoms with Gasteiger partial charge in [0.05, 0.1) is 12.3 Å². The van der Waals surface area contributed by atoms with Gasteiger partial charge in [0.15, 0.2) is 11.6 Å². The maximum absolute atomic E-state index is 13.9. The normalized spacial score (nSPS) is 15.4. The highest BCUT2D eigenvalue weighted by Crippen LogP contribution is 2.31. The molecule has 136 valence electrons. The van der Waals surface area contributed by atoms with E-state index in [0.717, 1.165) is 12.8 Å². The molecule has 25 heavy (non-hydrogen) atoms. The number of para-hydroxylation sites is 1. The van der Waals surface area contributed by atoms with Gasteiger partial charge in [0.1, 0.15) is 5.60 Å². The smallest absolute Gasteiger partial charge is 0.410 e.